The Hall–Kier alpha value is -2.64. The second kappa shape index (κ2) is 12.3. The first kappa shape index (κ1) is 23.0. The van der Waals surface area contributed by atoms with Gasteiger partial charge in [-0.1, -0.05) is 43.3 Å². The van der Waals surface area contributed by atoms with Crippen LogP contribution < -0.4 is 15.5 Å². The molecular formula is C24H36N6O. The number of hydrogen-bond acceptors (Lipinski definition) is 5. The smallest absolute Gasteiger partial charge is 0.191 e. The van der Waals surface area contributed by atoms with Gasteiger partial charge in [-0.05, 0) is 30.2 Å². The molecule has 2 N–H and O–H groups in total. The Balaban J connectivity index is 1.35. The minimum Gasteiger partial charge on any atom is -0.376 e. The maximum Gasteiger partial charge on any atom is 0.191 e. The Labute approximate surface area is 186 Å². The number of pyridine rings is 1. The molecule has 1 unspecified atom stereocenters. The van der Waals surface area contributed by atoms with E-state index >= 15 is 0 Å². The van der Waals surface area contributed by atoms with Gasteiger partial charge in [-0.3, -0.25) is 4.99 Å². The number of likely N-dealkylation sites (N-methyl/N-ethyl adjacent to an activating group) is 1. The first-order valence-electron chi connectivity index (χ1n) is 11.1. The third kappa shape index (κ3) is 7.84. The largest absolute Gasteiger partial charge is 0.376 e. The zero-order chi connectivity index (χ0) is 21.9. The summed E-state index contributed by atoms with van der Waals surface area (Å²) in [4.78, 5) is 13.7. The van der Waals surface area contributed by atoms with Crippen LogP contribution in [-0.2, 0) is 17.9 Å². The number of benzene rings is 1. The lowest BCUT2D eigenvalue weighted by molar-refractivity contribution is 0.0931. The van der Waals surface area contributed by atoms with Crippen LogP contribution >= 0.6 is 0 Å². The highest BCUT2D eigenvalue weighted by Gasteiger charge is 2.15. The fourth-order valence-electron chi connectivity index (χ4n) is 3.43. The summed E-state index contributed by atoms with van der Waals surface area (Å²) in [7, 11) is 3.96. The van der Waals surface area contributed by atoms with Crippen molar-refractivity contribution in [2.75, 3.05) is 58.3 Å². The zero-order valence-electron chi connectivity index (χ0n) is 19.1. The van der Waals surface area contributed by atoms with Crippen LogP contribution in [0.1, 0.15) is 18.1 Å². The van der Waals surface area contributed by atoms with Gasteiger partial charge < -0.3 is 25.2 Å². The number of piperazine rings is 1. The highest BCUT2D eigenvalue weighted by Crippen LogP contribution is 2.13. The quantitative estimate of drug-likeness (QED) is 0.476. The van der Waals surface area contributed by atoms with Crippen molar-refractivity contribution in [2.45, 2.75) is 20.1 Å². The van der Waals surface area contributed by atoms with Gasteiger partial charge in [0.2, 0.25) is 0 Å². The van der Waals surface area contributed by atoms with Crippen LogP contribution in [0.25, 0.3) is 0 Å². The van der Waals surface area contributed by atoms with Gasteiger partial charge >= 0.3 is 0 Å². The van der Waals surface area contributed by atoms with Crippen molar-refractivity contribution in [2.24, 2.45) is 10.9 Å². The van der Waals surface area contributed by atoms with Gasteiger partial charge in [-0.15, -0.1) is 0 Å². The van der Waals surface area contributed by atoms with E-state index in [2.05, 4.69) is 68.6 Å². The molecule has 1 fully saturated rings. The van der Waals surface area contributed by atoms with Gasteiger partial charge in [0.05, 0.1) is 13.2 Å². The number of nitrogens with one attached hydrogen (secondary N) is 2. The van der Waals surface area contributed by atoms with Crippen LogP contribution in [0.4, 0.5) is 5.82 Å². The first-order chi connectivity index (χ1) is 15.1. The molecule has 31 heavy (non-hydrogen) atoms. The van der Waals surface area contributed by atoms with Gasteiger partial charge in [0, 0.05) is 52.5 Å². The Kier molecular flexibility index (Phi) is 9.12. The number of anilines is 1. The summed E-state index contributed by atoms with van der Waals surface area (Å²) >= 11 is 0. The van der Waals surface area contributed by atoms with Crippen molar-refractivity contribution in [3.63, 3.8) is 0 Å². The molecule has 0 saturated carbocycles. The van der Waals surface area contributed by atoms with E-state index in [1.165, 1.54) is 5.56 Å². The Morgan fingerprint density at radius 3 is 2.52 bits per heavy atom. The Morgan fingerprint density at radius 1 is 1.06 bits per heavy atom. The summed E-state index contributed by atoms with van der Waals surface area (Å²) in [5.41, 5.74) is 2.34. The average Bonchev–Trinajstić information content (AvgIpc) is 2.81. The topological polar surface area (TPSA) is 65.0 Å². The lowest BCUT2D eigenvalue weighted by Crippen LogP contribution is -2.44. The van der Waals surface area contributed by atoms with Crippen LogP contribution in [0, 0.1) is 5.92 Å². The van der Waals surface area contributed by atoms with Crippen LogP contribution in [0.3, 0.4) is 0 Å². The molecule has 0 spiro atoms. The van der Waals surface area contributed by atoms with Crippen molar-refractivity contribution >= 4 is 11.8 Å². The number of guanidine groups is 1. The number of nitrogens with zero attached hydrogens (tertiary/aromatic N) is 4. The Morgan fingerprint density at radius 2 is 1.84 bits per heavy atom. The van der Waals surface area contributed by atoms with Crippen LogP contribution in [-0.4, -0.2) is 69.3 Å². The number of rotatable bonds is 9. The van der Waals surface area contributed by atoms with Crippen LogP contribution in [0.15, 0.2) is 53.7 Å². The highest BCUT2D eigenvalue weighted by atomic mass is 16.5. The van der Waals surface area contributed by atoms with Crippen molar-refractivity contribution in [1.82, 2.24) is 20.5 Å². The molecular weight excluding hydrogens is 388 g/mol. The summed E-state index contributed by atoms with van der Waals surface area (Å²) in [6.45, 7) is 9.25. The van der Waals surface area contributed by atoms with Crippen molar-refractivity contribution < 1.29 is 4.74 Å². The summed E-state index contributed by atoms with van der Waals surface area (Å²) in [6.07, 6.45) is 1.95. The molecule has 1 aromatic carbocycles. The monoisotopic (exact) mass is 424 g/mol. The predicted octanol–water partition coefficient (Wildman–Crippen LogP) is 2.35. The van der Waals surface area contributed by atoms with Crippen molar-refractivity contribution in [3.8, 4) is 0 Å². The van der Waals surface area contributed by atoms with Crippen molar-refractivity contribution in [1.29, 1.82) is 0 Å². The molecule has 1 atom stereocenters. The Bertz CT molecular complexity index is 787. The molecule has 2 heterocycles. The lowest BCUT2D eigenvalue weighted by Gasteiger charge is -2.33. The van der Waals surface area contributed by atoms with E-state index in [4.69, 9.17) is 4.74 Å². The molecule has 0 radical (unpaired) electrons. The molecule has 3 rings (SSSR count). The maximum absolute atomic E-state index is 5.83. The number of aromatic nitrogens is 1. The number of ether oxygens (including phenoxy) is 1. The predicted molar refractivity (Wildman–Crippen MR) is 127 cm³/mol. The summed E-state index contributed by atoms with van der Waals surface area (Å²) in [6, 6.07) is 14.5. The van der Waals surface area contributed by atoms with Gasteiger partial charge in [0.1, 0.15) is 5.82 Å². The second-order valence-electron chi connectivity index (χ2n) is 8.23. The number of aliphatic imine (C=N–C) groups is 1. The van der Waals surface area contributed by atoms with E-state index in [1.807, 2.05) is 24.4 Å². The van der Waals surface area contributed by atoms with E-state index in [0.717, 1.165) is 50.1 Å². The molecule has 0 amide bonds. The molecule has 0 aliphatic carbocycles. The summed E-state index contributed by atoms with van der Waals surface area (Å²) < 4.78 is 5.83. The average molecular weight is 425 g/mol. The maximum atomic E-state index is 5.83. The van der Waals surface area contributed by atoms with E-state index in [-0.39, 0.29) is 0 Å². The lowest BCUT2D eigenvalue weighted by atomic mass is 10.2. The molecule has 7 nitrogen and oxygen atoms in total. The van der Waals surface area contributed by atoms with Crippen molar-refractivity contribution in [3.05, 3.63) is 59.8 Å². The molecule has 1 saturated heterocycles. The third-order valence-corrected chi connectivity index (χ3v) is 5.45. The zero-order valence-corrected chi connectivity index (χ0v) is 19.1. The van der Waals surface area contributed by atoms with Crippen LogP contribution in [0.5, 0.6) is 0 Å². The van der Waals surface area contributed by atoms with E-state index in [0.29, 0.717) is 25.7 Å². The van der Waals surface area contributed by atoms with Gasteiger partial charge in [-0.2, -0.15) is 0 Å². The van der Waals surface area contributed by atoms with Crippen LogP contribution in [0.2, 0.25) is 0 Å². The SMILES string of the molecule is CN=C(NCc1ccc(N2CCN(C)CC2)nc1)NCC(C)COCc1ccccc1. The van der Waals surface area contributed by atoms with E-state index in [1.54, 1.807) is 7.05 Å². The first-order valence-corrected chi connectivity index (χ1v) is 11.1. The molecule has 2 aromatic rings. The van der Waals surface area contributed by atoms with Gasteiger partial charge in [-0.25, -0.2) is 4.98 Å². The molecule has 1 aromatic heterocycles. The molecule has 7 heteroatoms. The minimum absolute atomic E-state index is 0.381. The standard InChI is InChI=1S/C24H36N6O/c1-20(18-31-19-21-7-5-4-6-8-21)15-27-24(25-2)28-17-22-9-10-23(26-16-22)30-13-11-29(3)12-14-30/h4-10,16,20H,11-15,17-19H2,1-3H3,(H2,25,27,28). The second-order valence-corrected chi connectivity index (χ2v) is 8.23. The van der Waals surface area contributed by atoms with Gasteiger partial charge in [0.15, 0.2) is 5.96 Å². The fraction of sp³-hybridized carbons (Fsp3) is 0.500. The normalized spacial score (nSPS) is 16.2. The third-order valence-electron chi connectivity index (χ3n) is 5.45. The van der Waals surface area contributed by atoms with E-state index < -0.39 is 0 Å². The number of hydrogen-bond donors (Lipinski definition) is 2. The fourth-order valence-corrected chi connectivity index (χ4v) is 3.43. The molecule has 1 aliphatic heterocycles. The molecule has 1 aliphatic rings. The van der Waals surface area contributed by atoms with E-state index in [9.17, 15) is 0 Å². The highest BCUT2D eigenvalue weighted by molar-refractivity contribution is 5.79. The van der Waals surface area contributed by atoms with Gasteiger partial charge in [0.25, 0.3) is 0 Å². The summed E-state index contributed by atoms with van der Waals surface area (Å²) in [5.74, 6) is 2.23. The molecule has 0 bridgehead atoms. The minimum atomic E-state index is 0.381. The summed E-state index contributed by atoms with van der Waals surface area (Å²) in [5, 5.41) is 6.75. The molecule has 168 valence electrons.